The Morgan fingerprint density at radius 1 is 1.17 bits per heavy atom. The maximum atomic E-state index is 4.39. The first-order valence-electron chi connectivity index (χ1n) is 1.15. The van der Waals surface area contributed by atoms with E-state index < -0.39 is 0 Å². The van der Waals surface area contributed by atoms with E-state index in [0.717, 1.165) is 12.3 Å². The average Bonchev–Trinajstić information content (AvgIpc) is 1.41. The van der Waals surface area contributed by atoms with E-state index >= 15 is 0 Å². The maximum Gasteiger partial charge on any atom is 0.158 e. The van der Waals surface area contributed by atoms with Crippen molar-refractivity contribution in [2.24, 2.45) is 0 Å². The first kappa shape index (κ1) is 10.3. The van der Waals surface area contributed by atoms with Crippen molar-refractivity contribution in [3.63, 3.8) is 0 Å². The average molecular weight is 117 g/mol. The smallest absolute Gasteiger partial charge is 0.158 e. The molecule has 2 nitrogen and oxygen atoms in total. The molecule has 0 heterocycles. The first-order valence-corrected chi connectivity index (χ1v) is 1.82. The van der Waals surface area contributed by atoms with E-state index in [-0.39, 0.29) is 29.6 Å². The predicted molar refractivity (Wildman–Crippen MR) is 27.4 cm³/mol. The van der Waals surface area contributed by atoms with Gasteiger partial charge in [0, 0.05) is 29.6 Å². The number of rotatable bonds is 2. The second-order valence-electron chi connectivity index (χ2n) is 0.401. The Kier molecular flexibility index (Phi) is 16.4. The van der Waals surface area contributed by atoms with E-state index in [1.807, 2.05) is 0 Å². The molecule has 33 valence electrons. The van der Waals surface area contributed by atoms with Gasteiger partial charge in [-0.05, 0) is 0 Å². The molecule has 0 spiro atoms. The molecule has 0 aromatic rings. The zero-order valence-corrected chi connectivity index (χ0v) is 7.04. The summed E-state index contributed by atoms with van der Waals surface area (Å²) in [6.45, 7) is 0. The summed E-state index contributed by atoms with van der Waals surface area (Å²) in [6, 6.07) is 0. The molecule has 0 fully saturated rings. The molecule has 1 radical (unpaired) electrons. The molecule has 0 amide bonds. The van der Waals surface area contributed by atoms with Crippen LogP contribution in [0, 0.1) is 0 Å². The molecule has 0 atom stereocenters. The summed E-state index contributed by atoms with van der Waals surface area (Å²) in [7, 11) is 3.10. The summed E-state index contributed by atoms with van der Waals surface area (Å²) < 4.78 is 8.77. The van der Waals surface area contributed by atoms with Gasteiger partial charge >= 0.3 is 0 Å². The van der Waals surface area contributed by atoms with Gasteiger partial charge in [-0.25, -0.2) is 0 Å². The van der Waals surface area contributed by atoms with Crippen LogP contribution in [0.2, 0.25) is 0 Å². The van der Waals surface area contributed by atoms with Gasteiger partial charge in [0.25, 0.3) is 0 Å². The summed E-state index contributed by atoms with van der Waals surface area (Å²) in [5.74, 6) is 0. The van der Waals surface area contributed by atoms with Gasteiger partial charge in [-0.15, -0.1) is 0 Å². The Morgan fingerprint density at radius 2 is 1.50 bits per heavy atom. The van der Waals surface area contributed by atoms with Gasteiger partial charge in [0.1, 0.15) is 0 Å². The van der Waals surface area contributed by atoms with E-state index in [1.54, 1.807) is 14.2 Å². The Bertz CT molecular complexity index is 19.0. The van der Waals surface area contributed by atoms with Crippen molar-refractivity contribution in [1.29, 1.82) is 0 Å². The molecule has 0 aromatic carbocycles. The van der Waals surface area contributed by atoms with Crippen LogP contribution in [0.5, 0.6) is 0 Å². The van der Waals surface area contributed by atoms with Gasteiger partial charge in [0.15, 0.2) is 12.3 Å². The Balaban J connectivity index is 0. The van der Waals surface area contributed by atoms with E-state index in [0.29, 0.717) is 0 Å². The van der Waals surface area contributed by atoms with E-state index in [4.69, 9.17) is 0 Å². The Morgan fingerprint density at radius 3 is 1.50 bits per heavy atom. The van der Waals surface area contributed by atoms with Gasteiger partial charge in [-0.3, -0.25) is 8.37 Å². The van der Waals surface area contributed by atoms with Crippen LogP contribution in [-0.2, 0) is 8.37 Å². The minimum Gasteiger partial charge on any atom is -0.295 e. The minimum atomic E-state index is 0. The molecule has 6 heavy (non-hydrogen) atoms. The van der Waals surface area contributed by atoms with Gasteiger partial charge in [-0.1, -0.05) is 0 Å². The maximum absolute atomic E-state index is 4.39. The fourth-order valence-corrected chi connectivity index (χ4v) is 0.204. The summed E-state index contributed by atoms with van der Waals surface area (Å²) in [5, 5.41) is 0. The van der Waals surface area contributed by atoms with Crippen LogP contribution < -0.4 is 0 Å². The molecular formula is C2H6NaO2S. The second kappa shape index (κ2) is 9.55. The molecular weight excluding hydrogens is 111 g/mol. The summed E-state index contributed by atoms with van der Waals surface area (Å²) in [4.78, 5) is 0. The van der Waals surface area contributed by atoms with Gasteiger partial charge in [-0.2, -0.15) is 0 Å². The Labute approximate surface area is 64.3 Å². The van der Waals surface area contributed by atoms with E-state index in [2.05, 4.69) is 8.37 Å². The summed E-state index contributed by atoms with van der Waals surface area (Å²) in [6.07, 6.45) is 0. The third-order valence-corrected chi connectivity index (χ3v) is 0.408. The van der Waals surface area contributed by atoms with Crippen LogP contribution in [0.25, 0.3) is 0 Å². The molecule has 0 unspecified atom stereocenters. The van der Waals surface area contributed by atoms with E-state index in [9.17, 15) is 0 Å². The van der Waals surface area contributed by atoms with Crippen LogP contribution in [-0.4, -0.2) is 43.8 Å². The third kappa shape index (κ3) is 8.99. The second-order valence-corrected chi connectivity index (χ2v) is 1.20. The molecule has 0 aliphatic carbocycles. The van der Waals surface area contributed by atoms with Gasteiger partial charge in [0.05, 0.1) is 14.2 Å². The molecule has 0 saturated carbocycles. The molecule has 0 aliphatic rings. The van der Waals surface area contributed by atoms with Crippen molar-refractivity contribution in [1.82, 2.24) is 0 Å². The fourth-order valence-electron chi connectivity index (χ4n) is 0.0680. The molecule has 4 heteroatoms. The van der Waals surface area contributed by atoms with Crippen molar-refractivity contribution in [3.05, 3.63) is 0 Å². The van der Waals surface area contributed by atoms with Crippen molar-refractivity contribution in [3.8, 4) is 0 Å². The molecule has 0 saturated heterocycles. The normalized spacial score (nSPS) is 7.00. The molecule has 0 N–H and O–H groups in total. The number of hydrogen-bond donors (Lipinski definition) is 0. The van der Waals surface area contributed by atoms with Crippen LogP contribution in [0.3, 0.4) is 0 Å². The van der Waals surface area contributed by atoms with Crippen molar-refractivity contribution < 1.29 is 8.37 Å². The molecule has 0 aliphatic heterocycles. The van der Waals surface area contributed by atoms with Crippen LogP contribution in [0.1, 0.15) is 0 Å². The predicted octanol–water partition coefficient (Wildman–Crippen LogP) is 0.462. The largest absolute Gasteiger partial charge is 0.295 e. The van der Waals surface area contributed by atoms with Crippen LogP contribution in [0.4, 0.5) is 0 Å². The van der Waals surface area contributed by atoms with Crippen molar-refractivity contribution in [2.45, 2.75) is 0 Å². The zero-order chi connectivity index (χ0) is 4.12. The van der Waals surface area contributed by atoms with Gasteiger partial charge in [0.2, 0.25) is 0 Å². The Hall–Kier alpha value is 1.27. The summed E-state index contributed by atoms with van der Waals surface area (Å²) in [5.41, 5.74) is 0. The van der Waals surface area contributed by atoms with Gasteiger partial charge < -0.3 is 0 Å². The molecule has 0 aromatic heterocycles. The number of hydrogen-bond acceptors (Lipinski definition) is 3. The third-order valence-electron chi connectivity index (χ3n) is 0.136. The standard InChI is InChI=1S/C2H6O2S.Na/c1-3-5-4-2;/h1-2H3;. The topological polar surface area (TPSA) is 18.5 Å². The molecule has 0 bridgehead atoms. The SMILES string of the molecule is COSOC.[Na]. The van der Waals surface area contributed by atoms with E-state index in [1.165, 1.54) is 0 Å². The van der Waals surface area contributed by atoms with Crippen LogP contribution >= 0.6 is 12.3 Å². The monoisotopic (exact) mass is 117 g/mol. The fraction of sp³-hybridized carbons (Fsp3) is 1.00. The minimum absolute atomic E-state index is 0. The quantitative estimate of drug-likeness (QED) is 0.386. The molecule has 0 rings (SSSR count). The first-order chi connectivity index (χ1) is 2.41. The van der Waals surface area contributed by atoms with Crippen molar-refractivity contribution >= 4 is 41.9 Å². The zero-order valence-electron chi connectivity index (χ0n) is 4.22. The van der Waals surface area contributed by atoms with Crippen molar-refractivity contribution in [2.75, 3.05) is 14.2 Å². The summed E-state index contributed by atoms with van der Waals surface area (Å²) >= 11 is 0.963. The van der Waals surface area contributed by atoms with Crippen LogP contribution in [0.15, 0.2) is 0 Å².